The fourth-order valence-electron chi connectivity index (χ4n) is 3.26. The molecular formula is C21H22F3N3O2. The molecule has 0 bridgehead atoms. The normalized spacial score (nSPS) is 15.1. The summed E-state index contributed by atoms with van der Waals surface area (Å²) in [6, 6.07) is 13.8. The van der Waals surface area contributed by atoms with Gasteiger partial charge in [-0.3, -0.25) is 4.79 Å². The first kappa shape index (κ1) is 20.7. The second-order valence-electron chi connectivity index (χ2n) is 6.97. The number of amides is 3. The Labute approximate surface area is 166 Å². The number of hydrogen-bond donors (Lipinski definition) is 2. The molecule has 0 aliphatic carbocycles. The van der Waals surface area contributed by atoms with Gasteiger partial charge in [0.05, 0.1) is 5.56 Å². The van der Waals surface area contributed by atoms with Crippen LogP contribution in [0, 0.1) is 5.92 Å². The number of urea groups is 1. The topological polar surface area (TPSA) is 61.4 Å². The highest BCUT2D eigenvalue weighted by Gasteiger charge is 2.30. The van der Waals surface area contributed by atoms with Crippen LogP contribution in [0.4, 0.5) is 23.7 Å². The van der Waals surface area contributed by atoms with Crippen LogP contribution in [0.1, 0.15) is 24.0 Å². The number of anilines is 1. The molecule has 1 fully saturated rings. The lowest BCUT2D eigenvalue weighted by Crippen LogP contribution is -2.44. The summed E-state index contributed by atoms with van der Waals surface area (Å²) in [6.07, 6.45) is -3.39. The van der Waals surface area contributed by atoms with Crippen molar-refractivity contribution < 1.29 is 22.8 Å². The van der Waals surface area contributed by atoms with E-state index in [1.807, 2.05) is 18.2 Å². The van der Waals surface area contributed by atoms with Crippen molar-refractivity contribution in [3.05, 3.63) is 65.7 Å². The van der Waals surface area contributed by atoms with E-state index in [9.17, 15) is 22.8 Å². The summed E-state index contributed by atoms with van der Waals surface area (Å²) in [5.41, 5.74) is 0.369. The molecule has 1 heterocycles. The Morgan fingerprint density at radius 3 is 2.34 bits per heavy atom. The van der Waals surface area contributed by atoms with E-state index in [1.54, 1.807) is 23.1 Å². The average molecular weight is 405 g/mol. The average Bonchev–Trinajstić information content (AvgIpc) is 2.72. The maximum absolute atomic E-state index is 12.8. The largest absolute Gasteiger partial charge is 0.416 e. The Kier molecular flexibility index (Phi) is 6.41. The van der Waals surface area contributed by atoms with E-state index in [2.05, 4.69) is 10.6 Å². The molecule has 0 aromatic heterocycles. The molecule has 1 aliphatic heterocycles. The summed E-state index contributed by atoms with van der Waals surface area (Å²) in [6.45, 7) is 0.929. The van der Waals surface area contributed by atoms with Crippen molar-refractivity contribution in [2.24, 2.45) is 5.92 Å². The monoisotopic (exact) mass is 405 g/mol. The van der Waals surface area contributed by atoms with Gasteiger partial charge in [-0.15, -0.1) is 0 Å². The predicted octanol–water partition coefficient (Wildman–Crippen LogP) is 4.27. The van der Waals surface area contributed by atoms with Crippen molar-refractivity contribution in [1.82, 2.24) is 10.2 Å². The molecule has 3 amide bonds. The zero-order valence-corrected chi connectivity index (χ0v) is 15.7. The van der Waals surface area contributed by atoms with Gasteiger partial charge in [-0.2, -0.15) is 13.2 Å². The first-order valence-corrected chi connectivity index (χ1v) is 9.38. The van der Waals surface area contributed by atoms with Gasteiger partial charge in [0, 0.05) is 31.2 Å². The number of alkyl halides is 3. The first-order valence-electron chi connectivity index (χ1n) is 9.38. The number of benzene rings is 2. The standard InChI is InChI=1S/C21H22F3N3O2/c22-21(23,24)17-6-4-5-15(13-17)14-25-19(28)16-9-11-27(12-10-16)20(29)26-18-7-2-1-3-8-18/h1-8,13,16H,9-12,14H2,(H,25,28)(H,26,29). The van der Waals surface area contributed by atoms with Gasteiger partial charge < -0.3 is 15.5 Å². The van der Waals surface area contributed by atoms with E-state index < -0.39 is 11.7 Å². The van der Waals surface area contributed by atoms with Crippen LogP contribution in [0.25, 0.3) is 0 Å². The van der Waals surface area contributed by atoms with Crippen LogP contribution in [0.15, 0.2) is 54.6 Å². The molecule has 154 valence electrons. The second kappa shape index (κ2) is 8.98. The Morgan fingerprint density at radius 1 is 1.00 bits per heavy atom. The van der Waals surface area contributed by atoms with E-state index in [4.69, 9.17) is 0 Å². The summed E-state index contributed by atoms with van der Waals surface area (Å²) in [4.78, 5) is 26.3. The van der Waals surface area contributed by atoms with Crippen molar-refractivity contribution in [3.63, 3.8) is 0 Å². The molecule has 3 rings (SSSR count). The minimum Gasteiger partial charge on any atom is -0.352 e. The van der Waals surface area contributed by atoms with Crippen LogP contribution in [-0.2, 0) is 17.5 Å². The highest BCUT2D eigenvalue weighted by molar-refractivity contribution is 5.89. The van der Waals surface area contributed by atoms with E-state index in [0.29, 0.717) is 37.2 Å². The highest BCUT2D eigenvalue weighted by Crippen LogP contribution is 2.29. The third kappa shape index (κ3) is 5.73. The van der Waals surface area contributed by atoms with Crippen molar-refractivity contribution in [2.75, 3.05) is 18.4 Å². The summed E-state index contributed by atoms with van der Waals surface area (Å²) in [5.74, 6) is -0.466. The Morgan fingerprint density at radius 2 is 1.69 bits per heavy atom. The maximum atomic E-state index is 12.8. The lowest BCUT2D eigenvalue weighted by molar-refractivity contribution is -0.137. The van der Waals surface area contributed by atoms with Crippen LogP contribution in [0.3, 0.4) is 0 Å². The van der Waals surface area contributed by atoms with Crippen molar-refractivity contribution in [3.8, 4) is 0 Å². The van der Waals surface area contributed by atoms with Crippen LogP contribution < -0.4 is 10.6 Å². The number of carbonyl (C=O) groups excluding carboxylic acids is 2. The minimum absolute atomic E-state index is 0.0391. The third-order valence-electron chi connectivity index (χ3n) is 4.90. The Bertz CT molecular complexity index is 848. The molecule has 1 aliphatic rings. The molecule has 2 aromatic carbocycles. The number of likely N-dealkylation sites (tertiary alicyclic amines) is 1. The number of rotatable bonds is 4. The minimum atomic E-state index is -4.41. The van der Waals surface area contributed by atoms with Gasteiger partial charge >= 0.3 is 12.2 Å². The molecule has 0 radical (unpaired) electrons. The van der Waals surface area contributed by atoms with Crippen LogP contribution in [0.5, 0.6) is 0 Å². The molecule has 2 aromatic rings. The van der Waals surface area contributed by atoms with Gasteiger partial charge in [-0.05, 0) is 42.7 Å². The fraction of sp³-hybridized carbons (Fsp3) is 0.333. The molecule has 8 heteroatoms. The SMILES string of the molecule is O=C(NCc1cccc(C(F)(F)F)c1)C1CCN(C(=O)Nc2ccccc2)CC1. The fourth-order valence-corrected chi connectivity index (χ4v) is 3.26. The zero-order chi connectivity index (χ0) is 20.9. The van der Waals surface area contributed by atoms with Gasteiger partial charge in [0.15, 0.2) is 0 Å². The van der Waals surface area contributed by atoms with E-state index in [-0.39, 0.29) is 24.4 Å². The Balaban J connectivity index is 1.46. The molecular weight excluding hydrogens is 383 g/mol. The summed E-state index contributed by atoms with van der Waals surface area (Å²) in [5, 5.41) is 5.52. The van der Waals surface area contributed by atoms with Gasteiger partial charge in [0.25, 0.3) is 0 Å². The van der Waals surface area contributed by atoms with Crippen molar-refractivity contribution >= 4 is 17.6 Å². The number of carbonyl (C=O) groups is 2. The number of nitrogens with one attached hydrogen (secondary N) is 2. The lowest BCUT2D eigenvalue weighted by Gasteiger charge is -2.31. The molecule has 0 atom stereocenters. The summed E-state index contributed by atoms with van der Waals surface area (Å²) < 4.78 is 38.3. The second-order valence-corrected chi connectivity index (χ2v) is 6.97. The number of halogens is 3. The number of nitrogens with zero attached hydrogens (tertiary/aromatic N) is 1. The summed E-state index contributed by atoms with van der Waals surface area (Å²) >= 11 is 0. The third-order valence-corrected chi connectivity index (χ3v) is 4.90. The highest BCUT2D eigenvalue weighted by atomic mass is 19.4. The predicted molar refractivity (Wildman–Crippen MR) is 103 cm³/mol. The maximum Gasteiger partial charge on any atom is 0.416 e. The number of hydrogen-bond acceptors (Lipinski definition) is 2. The molecule has 2 N–H and O–H groups in total. The zero-order valence-electron chi connectivity index (χ0n) is 15.7. The van der Waals surface area contributed by atoms with Gasteiger partial charge in [0.1, 0.15) is 0 Å². The van der Waals surface area contributed by atoms with E-state index >= 15 is 0 Å². The molecule has 0 spiro atoms. The van der Waals surface area contributed by atoms with Crippen LogP contribution >= 0.6 is 0 Å². The van der Waals surface area contributed by atoms with Crippen molar-refractivity contribution in [1.29, 1.82) is 0 Å². The van der Waals surface area contributed by atoms with Gasteiger partial charge in [-0.1, -0.05) is 30.3 Å². The first-order chi connectivity index (χ1) is 13.8. The smallest absolute Gasteiger partial charge is 0.352 e. The lowest BCUT2D eigenvalue weighted by atomic mass is 9.96. The van der Waals surface area contributed by atoms with Crippen LogP contribution in [0.2, 0.25) is 0 Å². The molecule has 5 nitrogen and oxygen atoms in total. The molecule has 1 saturated heterocycles. The van der Waals surface area contributed by atoms with E-state index in [0.717, 1.165) is 12.1 Å². The number of para-hydroxylation sites is 1. The van der Waals surface area contributed by atoms with E-state index in [1.165, 1.54) is 6.07 Å². The number of piperidine rings is 1. The quantitative estimate of drug-likeness (QED) is 0.798. The van der Waals surface area contributed by atoms with Gasteiger partial charge in [-0.25, -0.2) is 4.79 Å². The molecule has 29 heavy (non-hydrogen) atoms. The van der Waals surface area contributed by atoms with Crippen molar-refractivity contribution in [2.45, 2.75) is 25.6 Å². The summed E-state index contributed by atoms with van der Waals surface area (Å²) in [7, 11) is 0. The molecule has 0 saturated carbocycles. The molecule has 0 unspecified atom stereocenters. The van der Waals surface area contributed by atoms with Crippen LogP contribution in [-0.4, -0.2) is 29.9 Å². The Hall–Kier alpha value is -3.03. The van der Waals surface area contributed by atoms with Gasteiger partial charge in [0.2, 0.25) is 5.91 Å².